The summed E-state index contributed by atoms with van der Waals surface area (Å²) in [6, 6.07) is 17.0. The molecule has 0 aliphatic carbocycles. The molecule has 1 heteroatoms. The lowest BCUT2D eigenvalue weighted by atomic mass is 9.82. The summed E-state index contributed by atoms with van der Waals surface area (Å²) in [4.78, 5) is 2.28. The first kappa shape index (κ1) is 12.0. The molecule has 1 aliphatic heterocycles. The monoisotopic (exact) mass is 249 g/mol. The average Bonchev–Trinajstić information content (AvgIpc) is 2.60. The molecule has 1 aliphatic rings. The third kappa shape index (κ3) is 1.61. The molecule has 0 aromatic heterocycles. The lowest BCUT2D eigenvalue weighted by Crippen LogP contribution is -2.21. The van der Waals surface area contributed by atoms with Gasteiger partial charge in [-0.15, -0.1) is 0 Å². The van der Waals surface area contributed by atoms with E-state index in [1.807, 2.05) is 6.07 Å². The number of fused-ring (bicyclic) bond motifs is 1. The molecule has 0 unspecified atom stereocenters. The maximum atomic E-state index is 4.35. The van der Waals surface area contributed by atoms with Gasteiger partial charge < -0.3 is 4.90 Å². The van der Waals surface area contributed by atoms with Gasteiger partial charge in [0.1, 0.15) is 0 Å². The van der Waals surface area contributed by atoms with Crippen molar-refractivity contribution in [1.82, 2.24) is 0 Å². The Hall–Kier alpha value is -2.02. The van der Waals surface area contributed by atoms with Crippen LogP contribution in [0.25, 0.3) is 0 Å². The maximum absolute atomic E-state index is 4.35. The second-order valence-electron chi connectivity index (χ2n) is 5.71. The summed E-state index contributed by atoms with van der Waals surface area (Å²) in [7, 11) is 0. The van der Waals surface area contributed by atoms with Gasteiger partial charge in [0.2, 0.25) is 0 Å². The second kappa shape index (κ2) is 3.99. The number of hydrogen-bond acceptors (Lipinski definition) is 1. The minimum atomic E-state index is -0.0173. The molecular formula is C18H19N. The second-order valence-corrected chi connectivity index (χ2v) is 5.71. The highest BCUT2D eigenvalue weighted by molar-refractivity contribution is 5.80. The van der Waals surface area contributed by atoms with Crippen LogP contribution in [0.4, 0.5) is 11.4 Å². The van der Waals surface area contributed by atoms with Crippen LogP contribution in [0.5, 0.6) is 0 Å². The van der Waals surface area contributed by atoms with Crippen LogP contribution in [0, 0.1) is 6.92 Å². The Labute approximate surface area is 115 Å². The molecule has 1 heterocycles. The lowest BCUT2D eigenvalue weighted by molar-refractivity contribution is 0.642. The number of benzene rings is 2. The number of para-hydroxylation sites is 1. The average molecular weight is 249 g/mol. The first-order chi connectivity index (χ1) is 9.03. The fraction of sp³-hybridized carbons (Fsp3) is 0.222. The van der Waals surface area contributed by atoms with Crippen molar-refractivity contribution in [3.63, 3.8) is 0 Å². The fourth-order valence-corrected chi connectivity index (χ4v) is 3.09. The summed E-state index contributed by atoms with van der Waals surface area (Å²) in [5.74, 6) is 0. The molecule has 19 heavy (non-hydrogen) atoms. The molecule has 0 saturated heterocycles. The van der Waals surface area contributed by atoms with Crippen molar-refractivity contribution >= 4 is 11.4 Å². The summed E-state index contributed by atoms with van der Waals surface area (Å²) < 4.78 is 0. The normalized spacial score (nSPS) is 16.6. The number of nitrogens with zero attached hydrogens (tertiary/aromatic N) is 1. The van der Waals surface area contributed by atoms with Gasteiger partial charge in [-0.25, -0.2) is 0 Å². The standard InChI is InChI=1S/C18H19N/c1-13-9-8-12-16-17(13)18(3,4)14(2)19(16)15-10-6-5-7-11-15/h5-12H,2H2,1,3-4H3. The quantitative estimate of drug-likeness (QED) is 0.692. The van der Waals surface area contributed by atoms with E-state index in [1.54, 1.807) is 0 Å². The Morgan fingerprint density at radius 1 is 0.947 bits per heavy atom. The summed E-state index contributed by atoms with van der Waals surface area (Å²) in [5.41, 5.74) is 6.30. The number of allylic oxidation sites excluding steroid dienone is 1. The highest BCUT2D eigenvalue weighted by Gasteiger charge is 2.40. The summed E-state index contributed by atoms with van der Waals surface area (Å²) >= 11 is 0. The number of aryl methyl sites for hydroxylation is 1. The first-order valence-electron chi connectivity index (χ1n) is 6.68. The van der Waals surface area contributed by atoms with E-state index < -0.39 is 0 Å². The van der Waals surface area contributed by atoms with Crippen molar-refractivity contribution in [2.75, 3.05) is 4.90 Å². The summed E-state index contributed by atoms with van der Waals surface area (Å²) in [5, 5.41) is 0. The fourth-order valence-electron chi connectivity index (χ4n) is 3.09. The molecule has 1 nitrogen and oxygen atoms in total. The van der Waals surface area contributed by atoms with Gasteiger partial charge in [0.15, 0.2) is 0 Å². The van der Waals surface area contributed by atoms with Gasteiger partial charge in [-0.1, -0.05) is 50.8 Å². The zero-order valence-corrected chi connectivity index (χ0v) is 11.8. The molecule has 0 bridgehead atoms. The molecule has 0 atom stereocenters. The molecule has 2 aromatic carbocycles. The van der Waals surface area contributed by atoms with E-state index in [2.05, 4.69) is 74.7 Å². The van der Waals surface area contributed by atoms with Crippen molar-refractivity contribution in [1.29, 1.82) is 0 Å². The van der Waals surface area contributed by atoms with Crippen molar-refractivity contribution < 1.29 is 0 Å². The largest absolute Gasteiger partial charge is 0.314 e. The van der Waals surface area contributed by atoms with Crippen molar-refractivity contribution in [2.45, 2.75) is 26.2 Å². The Morgan fingerprint density at radius 2 is 1.63 bits per heavy atom. The zero-order valence-electron chi connectivity index (χ0n) is 11.8. The van der Waals surface area contributed by atoms with E-state index in [9.17, 15) is 0 Å². The van der Waals surface area contributed by atoms with Gasteiger partial charge in [0.05, 0.1) is 5.69 Å². The lowest BCUT2D eigenvalue weighted by Gasteiger charge is -2.26. The van der Waals surface area contributed by atoms with Crippen molar-refractivity contribution in [3.8, 4) is 0 Å². The Morgan fingerprint density at radius 3 is 2.32 bits per heavy atom. The molecule has 0 radical (unpaired) electrons. The van der Waals surface area contributed by atoms with E-state index in [0.29, 0.717) is 0 Å². The van der Waals surface area contributed by atoms with Crippen LogP contribution in [-0.2, 0) is 5.41 Å². The van der Waals surface area contributed by atoms with Gasteiger partial charge in [-0.2, -0.15) is 0 Å². The van der Waals surface area contributed by atoms with E-state index in [1.165, 1.54) is 22.5 Å². The van der Waals surface area contributed by atoms with Gasteiger partial charge >= 0.3 is 0 Å². The van der Waals surface area contributed by atoms with Gasteiger partial charge in [-0.3, -0.25) is 0 Å². The predicted molar refractivity (Wildman–Crippen MR) is 81.9 cm³/mol. The van der Waals surface area contributed by atoms with Crippen molar-refractivity contribution in [2.24, 2.45) is 0 Å². The molecule has 96 valence electrons. The highest BCUT2D eigenvalue weighted by Crippen LogP contribution is 2.51. The Bertz CT molecular complexity index is 638. The number of anilines is 2. The molecule has 0 fully saturated rings. The van der Waals surface area contributed by atoms with Crippen LogP contribution in [0.1, 0.15) is 25.0 Å². The third-order valence-electron chi connectivity index (χ3n) is 4.12. The van der Waals surface area contributed by atoms with Crippen LogP contribution in [0.15, 0.2) is 60.8 Å². The molecule has 3 rings (SSSR count). The minimum absolute atomic E-state index is 0.0173. The Balaban J connectivity index is 2.26. The van der Waals surface area contributed by atoms with Crippen LogP contribution in [-0.4, -0.2) is 0 Å². The van der Waals surface area contributed by atoms with E-state index in [-0.39, 0.29) is 5.41 Å². The van der Waals surface area contributed by atoms with Gasteiger partial charge in [-0.05, 0) is 36.2 Å². The van der Waals surface area contributed by atoms with Crippen LogP contribution >= 0.6 is 0 Å². The predicted octanol–water partition coefficient (Wildman–Crippen LogP) is 4.94. The van der Waals surface area contributed by atoms with E-state index in [0.717, 1.165) is 5.70 Å². The SMILES string of the molecule is C=C1N(c2ccccc2)c2cccc(C)c2C1(C)C. The smallest absolute Gasteiger partial charge is 0.0502 e. The zero-order chi connectivity index (χ0) is 13.6. The van der Waals surface area contributed by atoms with Gasteiger partial charge in [0, 0.05) is 16.8 Å². The number of rotatable bonds is 1. The molecule has 2 aromatic rings. The van der Waals surface area contributed by atoms with E-state index in [4.69, 9.17) is 0 Å². The van der Waals surface area contributed by atoms with Crippen LogP contribution < -0.4 is 4.90 Å². The van der Waals surface area contributed by atoms with Crippen molar-refractivity contribution in [3.05, 3.63) is 71.9 Å². The minimum Gasteiger partial charge on any atom is -0.314 e. The summed E-state index contributed by atoms with van der Waals surface area (Å²) in [6.07, 6.45) is 0. The molecule has 0 saturated carbocycles. The third-order valence-corrected chi connectivity index (χ3v) is 4.12. The van der Waals surface area contributed by atoms with Crippen LogP contribution in [0.2, 0.25) is 0 Å². The van der Waals surface area contributed by atoms with Crippen LogP contribution in [0.3, 0.4) is 0 Å². The Kier molecular flexibility index (Phi) is 2.53. The topological polar surface area (TPSA) is 3.24 Å². The van der Waals surface area contributed by atoms with E-state index >= 15 is 0 Å². The molecule has 0 N–H and O–H groups in total. The van der Waals surface area contributed by atoms with Gasteiger partial charge in [0.25, 0.3) is 0 Å². The number of hydrogen-bond donors (Lipinski definition) is 0. The summed E-state index contributed by atoms with van der Waals surface area (Å²) in [6.45, 7) is 11.0. The first-order valence-corrected chi connectivity index (χ1v) is 6.68. The highest BCUT2D eigenvalue weighted by atomic mass is 15.2. The molecular weight excluding hydrogens is 230 g/mol. The molecule has 0 amide bonds. The maximum Gasteiger partial charge on any atom is 0.0502 e. The molecule has 0 spiro atoms.